The molecule has 0 fully saturated rings. The summed E-state index contributed by atoms with van der Waals surface area (Å²) >= 11 is 3.20. The van der Waals surface area contributed by atoms with Gasteiger partial charge in [0.1, 0.15) is 6.04 Å². The predicted molar refractivity (Wildman–Crippen MR) is 76.2 cm³/mol. The summed E-state index contributed by atoms with van der Waals surface area (Å²) in [6.45, 7) is 0. The van der Waals surface area contributed by atoms with Gasteiger partial charge in [0.05, 0.1) is 10.6 Å². The smallest absolute Gasteiger partial charge is 0.320 e. The second-order valence-corrected chi connectivity index (χ2v) is 6.00. The van der Waals surface area contributed by atoms with E-state index >= 15 is 0 Å². The standard InChI is InChI=1S/C12H14N2O3S2/c13-9(12(15)16)3-5-18-7-8-6-10(17-14-8)11-2-1-4-19-11/h1-2,4,6,9H,3,5,7,13H2,(H,15,16). The van der Waals surface area contributed by atoms with E-state index in [1.54, 1.807) is 23.1 Å². The van der Waals surface area contributed by atoms with Gasteiger partial charge >= 0.3 is 5.97 Å². The van der Waals surface area contributed by atoms with Crippen LogP contribution in [0.1, 0.15) is 12.1 Å². The van der Waals surface area contributed by atoms with Gasteiger partial charge in [-0.1, -0.05) is 11.2 Å². The first kappa shape index (κ1) is 14.1. The van der Waals surface area contributed by atoms with E-state index in [9.17, 15) is 4.79 Å². The lowest BCUT2D eigenvalue weighted by atomic mass is 10.2. The van der Waals surface area contributed by atoms with Crippen molar-refractivity contribution in [1.82, 2.24) is 5.16 Å². The molecule has 0 saturated heterocycles. The third-order valence-electron chi connectivity index (χ3n) is 2.46. The van der Waals surface area contributed by atoms with Gasteiger partial charge in [0.15, 0.2) is 5.76 Å². The molecule has 102 valence electrons. The Morgan fingerprint density at radius 2 is 2.47 bits per heavy atom. The fraction of sp³-hybridized carbons (Fsp3) is 0.333. The maximum atomic E-state index is 10.5. The Kier molecular flexibility index (Phi) is 5.00. The molecule has 7 heteroatoms. The van der Waals surface area contributed by atoms with Crippen molar-refractivity contribution in [2.24, 2.45) is 5.73 Å². The van der Waals surface area contributed by atoms with Gasteiger partial charge < -0.3 is 15.4 Å². The highest BCUT2D eigenvalue weighted by Gasteiger charge is 2.11. The van der Waals surface area contributed by atoms with E-state index in [4.69, 9.17) is 15.4 Å². The Hall–Kier alpha value is -1.31. The molecule has 0 aliphatic rings. The van der Waals surface area contributed by atoms with Crippen molar-refractivity contribution in [1.29, 1.82) is 0 Å². The summed E-state index contributed by atoms with van der Waals surface area (Å²) in [7, 11) is 0. The molecule has 2 aromatic heterocycles. The van der Waals surface area contributed by atoms with Crippen molar-refractivity contribution in [2.45, 2.75) is 18.2 Å². The fourth-order valence-electron chi connectivity index (χ4n) is 1.43. The summed E-state index contributed by atoms with van der Waals surface area (Å²) in [6, 6.07) is 5.07. The van der Waals surface area contributed by atoms with Crippen molar-refractivity contribution >= 4 is 29.1 Å². The Morgan fingerprint density at radius 3 is 3.16 bits per heavy atom. The predicted octanol–water partition coefficient (Wildman–Crippen LogP) is 2.44. The van der Waals surface area contributed by atoms with Crippen LogP contribution in [-0.4, -0.2) is 28.0 Å². The summed E-state index contributed by atoms with van der Waals surface area (Å²) in [6.07, 6.45) is 0.454. The second kappa shape index (κ2) is 6.74. The topological polar surface area (TPSA) is 89.4 Å². The number of nitrogens with zero attached hydrogens (tertiary/aromatic N) is 1. The number of rotatable bonds is 7. The minimum atomic E-state index is -0.956. The zero-order chi connectivity index (χ0) is 13.7. The number of aliphatic carboxylic acids is 1. The van der Waals surface area contributed by atoms with Gasteiger partial charge in [-0.2, -0.15) is 11.8 Å². The summed E-state index contributed by atoms with van der Waals surface area (Å²) in [4.78, 5) is 11.6. The molecule has 5 nitrogen and oxygen atoms in total. The van der Waals surface area contributed by atoms with Crippen molar-refractivity contribution in [3.8, 4) is 10.6 Å². The normalized spacial score (nSPS) is 12.5. The Balaban J connectivity index is 1.77. The molecule has 0 bridgehead atoms. The van der Waals surface area contributed by atoms with E-state index in [0.717, 1.165) is 16.3 Å². The van der Waals surface area contributed by atoms with Crippen LogP contribution in [0.3, 0.4) is 0 Å². The van der Waals surface area contributed by atoms with Crippen LogP contribution in [0.15, 0.2) is 28.1 Å². The van der Waals surface area contributed by atoms with E-state index in [1.165, 1.54) is 0 Å². The molecular weight excluding hydrogens is 284 g/mol. The minimum absolute atomic E-state index is 0.454. The third-order valence-corrected chi connectivity index (χ3v) is 4.37. The zero-order valence-corrected chi connectivity index (χ0v) is 11.7. The lowest BCUT2D eigenvalue weighted by Gasteiger charge is -2.04. The molecule has 2 rings (SSSR count). The first-order chi connectivity index (χ1) is 9.16. The van der Waals surface area contributed by atoms with Crippen LogP contribution in [0.25, 0.3) is 10.6 Å². The fourth-order valence-corrected chi connectivity index (χ4v) is 3.01. The van der Waals surface area contributed by atoms with E-state index in [0.29, 0.717) is 17.9 Å². The monoisotopic (exact) mass is 298 g/mol. The Labute approximate surface area is 118 Å². The number of carboxylic acids is 1. The van der Waals surface area contributed by atoms with Crippen LogP contribution in [-0.2, 0) is 10.5 Å². The highest BCUT2D eigenvalue weighted by atomic mass is 32.2. The van der Waals surface area contributed by atoms with Crippen LogP contribution >= 0.6 is 23.1 Å². The molecule has 2 aromatic rings. The van der Waals surface area contributed by atoms with E-state index in [1.807, 2.05) is 23.6 Å². The third kappa shape index (κ3) is 4.09. The average molecular weight is 298 g/mol. The molecule has 0 radical (unpaired) electrons. The van der Waals surface area contributed by atoms with Crippen LogP contribution in [0.2, 0.25) is 0 Å². The molecule has 0 aliphatic heterocycles. The van der Waals surface area contributed by atoms with Gasteiger partial charge in [-0.05, 0) is 23.6 Å². The maximum Gasteiger partial charge on any atom is 0.320 e. The highest BCUT2D eigenvalue weighted by molar-refractivity contribution is 7.98. The molecule has 0 aromatic carbocycles. The quantitative estimate of drug-likeness (QED) is 0.763. The number of nitrogens with two attached hydrogens (primary N) is 1. The van der Waals surface area contributed by atoms with Gasteiger partial charge in [-0.25, -0.2) is 0 Å². The molecule has 3 N–H and O–H groups in total. The van der Waals surface area contributed by atoms with Crippen molar-refractivity contribution in [2.75, 3.05) is 5.75 Å². The summed E-state index contributed by atoms with van der Waals surface area (Å²) < 4.78 is 5.25. The number of hydrogen-bond donors (Lipinski definition) is 2. The molecule has 0 saturated carbocycles. The number of carboxylic acid groups (broad SMARTS) is 1. The van der Waals surface area contributed by atoms with Gasteiger partial charge in [-0.3, -0.25) is 4.79 Å². The van der Waals surface area contributed by atoms with Crippen LogP contribution in [0, 0.1) is 0 Å². The number of carbonyl (C=O) groups is 1. The number of aromatic nitrogens is 1. The molecule has 19 heavy (non-hydrogen) atoms. The first-order valence-electron chi connectivity index (χ1n) is 5.72. The molecule has 1 unspecified atom stereocenters. The summed E-state index contributed by atoms with van der Waals surface area (Å²) in [5.74, 6) is 1.20. The molecule has 1 atom stereocenters. The van der Waals surface area contributed by atoms with E-state index in [2.05, 4.69) is 5.16 Å². The first-order valence-corrected chi connectivity index (χ1v) is 7.76. The van der Waals surface area contributed by atoms with Gasteiger partial charge in [0.25, 0.3) is 0 Å². The second-order valence-electron chi connectivity index (χ2n) is 3.95. The number of thioether (sulfide) groups is 1. The summed E-state index contributed by atoms with van der Waals surface area (Å²) in [5.41, 5.74) is 6.28. The largest absolute Gasteiger partial charge is 0.480 e. The lowest BCUT2D eigenvalue weighted by molar-refractivity contribution is -0.138. The van der Waals surface area contributed by atoms with Crippen molar-refractivity contribution in [3.63, 3.8) is 0 Å². The molecule has 0 spiro atoms. The lowest BCUT2D eigenvalue weighted by Crippen LogP contribution is -2.30. The van der Waals surface area contributed by atoms with Crippen LogP contribution in [0.5, 0.6) is 0 Å². The Bertz CT molecular complexity index is 525. The zero-order valence-electron chi connectivity index (χ0n) is 10.1. The average Bonchev–Trinajstić information content (AvgIpc) is 3.04. The molecular formula is C12H14N2O3S2. The van der Waals surface area contributed by atoms with Crippen LogP contribution in [0.4, 0.5) is 0 Å². The number of hydrogen-bond acceptors (Lipinski definition) is 6. The van der Waals surface area contributed by atoms with Gasteiger partial charge in [0, 0.05) is 11.8 Å². The SMILES string of the molecule is NC(CCSCc1cc(-c2cccs2)on1)C(=O)O. The van der Waals surface area contributed by atoms with Crippen LogP contribution < -0.4 is 5.73 Å². The van der Waals surface area contributed by atoms with Crippen molar-refractivity contribution < 1.29 is 14.4 Å². The molecule has 0 aliphatic carbocycles. The molecule has 2 heterocycles. The summed E-state index contributed by atoms with van der Waals surface area (Å²) in [5, 5.41) is 14.6. The highest BCUT2D eigenvalue weighted by Crippen LogP contribution is 2.26. The minimum Gasteiger partial charge on any atom is -0.480 e. The van der Waals surface area contributed by atoms with Gasteiger partial charge in [-0.15, -0.1) is 11.3 Å². The maximum absolute atomic E-state index is 10.5. The van der Waals surface area contributed by atoms with E-state index in [-0.39, 0.29) is 0 Å². The van der Waals surface area contributed by atoms with Crippen molar-refractivity contribution in [3.05, 3.63) is 29.3 Å². The Morgan fingerprint density at radius 1 is 1.63 bits per heavy atom. The van der Waals surface area contributed by atoms with E-state index < -0.39 is 12.0 Å². The number of thiophene rings is 1. The molecule has 0 amide bonds. The van der Waals surface area contributed by atoms with Gasteiger partial charge in [0.2, 0.25) is 0 Å².